The Kier molecular flexibility index (Phi) is 5.39. The maximum Gasteiger partial charge on any atom is 0.0673 e. The first-order chi connectivity index (χ1) is 11.6. The van der Waals surface area contributed by atoms with Crippen LogP contribution in [0.4, 0.5) is 5.69 Å². The molecule has 0 bridgehead atoms. The summed E-state index contributed by atoms with van der Waals surface area (Å²) >= 11 is 7.89. The maximum absolute atomic E-state index is 6.13. The number of nitrogens with zero attached hydrogens (tertiary/aromatic N) is 1. The van der Waals surface area contributed by atoms with Crippen LogP contribution in [0.3, 0.4) is 0 Å². The van der Waals surface area contributed by atoms with Crippen LogP contribution in [0.15, 0.2) is 81.5 Å². The van der Waals surface area contributed by atoms with Crippen molar-refractivity contribution >= 4 is 35.3 Å². The molecule has 0 radical (unpaired) electrons. The fourth-order valence-electron chi connectivity index (χ4n) is 2.24. The molecule has 0 amide bonds. The molecule has 3 rings (SSSR count). The number of benzene rings is 3. The van der Waals surface area contributed by atoms with Crippen LogP contribution in [0.2, 0.25) is 5.02 Å². The van der Waals surface area contributed by atoms with Crippen LogP contribution in [0, 0.1) is 13.8 Å². The molecule has 0 atom stereocenters. The van der Waals surface area contributed by atoms with Crippen molar-refractivity contribution in [1.82, 2.24) is 0 Å². The lowest BCUT2D eigenvalue weighted by atomic mass is 10.2. The Bertz CT molecular complexity index is 852. The van der Waals surface area contributed by atoms with Crippen molar-refractivity contribution in [2.24, 2.45) is 4.99 Å². The zero-order valence-corrected chi connectivity index (χ0v) is 15.2. The van der Waals surface area contributed by atoms with Gasteiger partial charge in [-0.3, -0.25) is 4.99 Å². The van der Waals surface area contributed by atoms with E-state index in [1.807, 2.05) is 31.3 Å². The third kappa shape index (κ3) is 4.28. The summed E-state index contributed by atoms with van der Waals surface area (Å²) in [5.74, 6) is 0. The lowest BCUT2D eigenvalue weighted by Gasteiger charge is -2.03. The number of aryl methyl sites for hydroxylation is 1. The summed E-state index contributed by atoms with van der Waals surface area (Å²) in [6.07, 6.45) is 1.87. The summed E-state index contributed by atoms with van der Waals surface area (Å²) in [5, 5.41) is 0.745. The third-order valence-electron chi connectivity index (χ3n) is 3.73. The molecule has 0 saturated carbocycles. The van der Waals surface area contributed by atoms with Gasteiger partial charge in [-0.15, -0.1) is 0 Å². The van der Waals surface area contributed by atoms with Gasteiger partial charge in [-0.2, -0.15) is 0 Å². The highest BCUT2D eigenvalue weighted by atomic mass is 35.5. The van der Waals surface area contributed by atoms with Crippen LogP contribution in [-0.4, -0.2) is 6.21 Å². The lowest BCUT2D eigenvalue weighted by molar-refractivity contribution is 1.36. The van der Waals surface area contributed by atoms with Gasteiger partial charge in [-0.1, -0.05) is 59.3 Å². The van der Waals surface area contributed by atoms with Crippen molar-refractivity contribution in [3.8, 4) is 0 Å². The van der Waals surface area contributed by atoms with E-state index in [2.05, 4.69) is 60.4 Å². The Hall–Kier alpha value is -2.03. The smallest absolute Gasteiger partial charge is 0.0673 e. The normalized spacial score (nSPS) is 11.1. The molecule has 24 heavy (non-hydrogen) atoms. The first-order valence-corrected chi connectivity index (χ1v) is 8.95. The lowest BCUT2D eigenvalue weighted by Crippen LogP contribution is -1.82. The Balaban J connectivity index is 1.71. The minimum Gasteiger partial charge on any atom is -0.256 e. The first-order valence-electron chi connectivity index (χ1n) is 7.75. The number of halogens is 1. The molecule has 0 aromatic heterocycles. The highest BCUT2D eigenvalue weighted by molar-refractivity contribution is 7.99. The molecule has 1 nitrogen and oxygen atoms in total. The molecular formula is C21H18ClNS. The molecule has 3 aromatic carbocycles. The average Bonchev–Trinajstić information content (AvgIpc) is 2.59. The molecule has 0 unspecified atom stereocenters. The van der Waals surface area contributed by atoms with E-state index in [0.717, 1.165) is 21.8 Å². The van der Waals surface area contributed by atoms with E-state index in [0.29, 0.717) is 0 Å². The van der Waals surface area contributed by atoms with E-state index in [1.54, 1.807) is 11.8 Å². The van der Waals surface area contributed by atoms with Gasteiger partial charge < -0.3 is 0 Å². The molecule has 0 spiro atoms. The highest BCUT2D eigenvalue weighted by Gasteiger charge is 2.00. The number of aliphatic imine (C=N–C) groups is 1. The summed E-state index contributed by atoms with van der Waals surface area (Å²) in [6.45, 7) is 4.08. The summed E-state index contributed by atoms with van der Waals surface area (Å²) in [6, 6.07) is 22.8. The van der Waals surface area contributed by atoms with Crippen LogP contribution in [0.25, 0.3) is 0 Å². The zero-order valence-electron chi connectivity index (χ0n) is 13.7. The van der Waals surface area contributed by atoms with E-state index < -0.39 is 0 Å². The summed E-state index contributed by atoms with van der Waals surface area (Å²) in [4.78, 5) is 7.01. The molecule has 120 valence electrons. The van der Waals surface area contributed by atoms with Gasteiger partial charge in [-0.05, 0) is 61.4 Å². The van der Waals surface area contributed by atoms with Crippen LogP contribution >= 0.6 is 23.4 Å². The molecule has 0 aliphatic rings. The van der Waals surface area contributed by atoms with Crippen LogP contribution in [0.1, 0.15) is 16.7 Å². The molecule has 3 heteroatoms. The van der Waals surface area contributed by atoms with Crippen molar-refractivity contribution in [1.29, 1.82) is 0 Å². The predicted molar refractivity (Wildman–Crippen MR) is 105 cm³/mol. The van der Waals surface area contributed by atoms with Crippen LogP contribution in [-0.2, 0) is 0 Å². The zero-order chi connectivity index (χ0) is 16.9. The van der Waals surface area contributed by atoms with E-state index >= 15 is 0 Å². The molecule has 3 aromatic rings. The molecule has 0 aliphatic heterocycles. The Morgan fingerprint density at radius 1 is 0.833 bits per heavy atom. The number of hydrogen-bond donors (Lipinski definition) is 0. The second-order valence-corrected chi connectivity index (χ2v) is 7.18. The van der Waals surface area contributed by atoms with Crippen molar-refractivity contribution in [2.45, 2.75) is 23.6 Å². The Morgan fingerprint density at radius 3 is 2.12 bits per heavy atom. The summed E-state index contributed by atoms with van der Waals surface area (Å²) in [7, 11) is 0. The first kappa shape index (κ1) is 16.8. The van der Waals surface area contributed by atoms with Crippen LogP contribution < -0.4 is 0 Å². The van der Waals surface area contributed by atoms with E-state index in [4.69, 9.17) is 11.6 Å². The number of rotatable bonds is 4. The minimum absolute atomic E-state index is 0.745. The number of hydrogen-bond acceptors (Lipinski definition) is 2. The average molecular weight is 352 g/mol. The van der Waals surface area contributed by atoms with Crippen molar-refractivity contribution in [3.63, 3.8) is 0 Å². The maximum atomic E-state index is 6.13. The minimum atomic E-state index is 0.745. The second-order valence-electron chi connectivity index (χ2n) is 5.63. The van der Waals surface area contributed by atoms with Gasteiger partial charge in [-0.25, -0.2) is 0 Å². The van der Waals surface area contributed by atoms with E-state index in [1.165, 1.54) is 15.4 Å². The van der Waals surface area contributed by atoms with Gasteiger partial charge in [0.15, 0.2) is 0 Å². The van der Waals surface area contributed by atoms with Crippen molar-refractivity contribution in [3.05, 3.63) is 88.4 Å². The third-order valence-corrected chi connectivity index (χ3v) is 5.15. The molecule has 0 N–H and O–H groups in total. The standard InChI is InChI=1S/C21H18ClNS/c1-15-6-10-18(11-7-15)24-19-12-8-17(9-13-19)14-23-21-5-3-4-20(22)16(21)2/h3-14H,1-2H3. The molecule has 0 aliphatic carbocycles. The Morgan fingerprint density at radius 2 is 1.46 bits per heavy atom. The highest BCUT2D eigenvalue weighted by Crippen LogP contribution is 2.28. The van der Waals surface area contributed by atoms with Gasteiger partial charge in [0.05, 0.1) is 5.69 Å². The van der Waals surface area contributed by atoms with Gasteiger partial charge in [0.25, 0.3) is 0 Å². The quantitative estimate of drug-likeness (QED) is 0.468. The summed E-state index contributed by atoms with van der Waals surface area (Å²) < 4.78 is 0. The molecule has 0 heterocycles. The monoisotopic (exact) mass is 351 g/mol. The van der Waals surface area contributed by atoms with Gasteiger partial charge in [0, 0.05) is 21.0 Å². The topological polar surface area (TPSA) is 12.4 Å². The van der Waals surface area contributed by atoms with E-state index in [9.17, 15) is 0 Å². The summed E-state index contributed by atoms with van der Waals surface area (Å²) in [5.41, 5.74) is 4.26. The fourth-order valence-corrected chi connectivity index (χ4v) is 3.23. The van der Waals surface area contributed by atoms with E-state index in [-0.39, 0.29) is 0 Å². The predicted octanol–water partition coefficient (Wildman–Crippen LogP) is 6.86. The molecule has 0 saturated heterocycles. The van der Waals surface area contributed by atoms with Gasteiger partial charge in [0.1, 0.15) is 0 Å². The molecule has 0 fully saturated rings. The molecular weight excluding hydrogens is 334 g/mol. The van der Waals surface area contributed by atoms with Gasteiger partial charge >= 0.3 is 0 Å². The van der Waals surface area contributed by atoms with Crippen LogP contribution in [0.5, 0.6) is 0 Å². The van der Waals surface area contributed by atoms with Gasteiger partial charge in [0.2, 0.25) is 0 Å². The SMILES string of the molecule is Cc1ccc(Sc2ccc(C=Nc3cccc(Cl)c3C)cc2)cc1. The fraction of sp³-hybridized carbons (Fsp3) is 0.0952. The second kappa shape index (κ2) is 7.69. The van der Waals surface area contributed by atoms with Crippen molar-refractivity contribution < 1.29 is 0 Å². The van der Waals surface area contributed by atoms with Crippen molar-refractivity contribution in [2.75, 3.05) is 0 Å². The largest absolute Gasteiger partial charge is 0.256 e. The Labute approximate surface area is 152 Å².